The topological polar surface area (TPSA) is 76.4 Å². The van der Waals surface area contributed by atoms with Crippen LogP contribution in [0.2, 0.25) is 0 Å². The van der Waals surface area contributed by atoms with Gasteiger partial charge in [0.25, 0.3) is 0 Å². The van der Waals surface area contributed by atoms with Crippen molar-refractivity contribution in [3.8, 4) is 0 Å². The zero-order chi connectivity index (χ0) is 11.4. The molecule has 0 saturated carbocycles. The summed E-state index contributed by atoms with van der Waals surface area (Å²) in [5.74, 6) is -1.63. The standard InChI is InChI=1S/C10H11NO4/c1-7(12)8-3-2-6-11(8)9(13)4-5-10(14)15/h2-3,6H,4-5H2,1H3,(H,14,15). The molecule has 0 aliphatic rings. The van der Waals surface area contributed by atoms with Crippen molar-refractivity contribution >= 4 is 17.7 Å². The molecule has 15 heavy (non-hydrogen) atoms. The lowest BCUT2D eigenvalue weighted by Crippen LogP contribution is -2.15. The molecule has 1 rings (SSSR count). The van der Waals surface area contributed by atoms with Crippen LogP contribution in [-0.2, 0) is 4.79 Å². The van der Waals surface area contributed by atoms with Crippen molar-refractivity contribution in [2.75, 3.05) is 0 Å². The number of carbonyl (C=O) groups is 3. The average molecular weight is 209 g/mol. The first-order valence-corrected chi connectivity index (χ1v) is 4.45. The van der Waals surface area contributed by atoms with Gasteiger partial charge in [0, 0.05) is 19.5 Å². The van der Waals surface area contributed by atoms with Gasteiger partial charge in [-0.3, -0.25) is 19.0 Å². The first kappa shape index (κ1) is 11.2. The summed E-state index contributed by atoms with van der Waals surface area (Å²) in [5, 5.41) is 8.41. The summed E-state index contributed by atoms with van der Waals surface area (Å²) >= 11 is 0. The van der Waals surface area contributed by atoms with Crippen molar-refractivity contribution in [1.82, 2.24) is 4.57 Å². The largest absolute Gasteiger partial charge is 0.481 e. The van der Waals surface area contributed by atoms with Crippen molar-refractivity contribution in [2.24, 2.45) is 0 Å². The van der Waals surface area contributed by atoms with Gasteiger partial charge in [0.2, 0.25) is 5.91 Å². The maximum Gasteiger partial charge on any atom is 0.303 e. The van der Waals surface area contributed by atoms with E-state index in [2.05, 4.69) is 0 Å². The van der Waals surface area contributed by atoms with E-state index in [0.29, 0.717) is 0 Å². The Morgan fingerprint density at radius 2 is 2.00 bits per heavy atom. The van der Waals surface area contributed by atoms with Crippen LogP contribution < -0.4 is 0 Å². The number of aliphatic carboxylic acids is 1. The third-order valence-corrected chi connectivity index (χ3v) is 1.93. The predicted molar refractivity (Wildman–Crippen MR) is 51.9 cm³/mol. The Hall–Kier alpha value is -1.91. The highest BCUT2D eigenvalue weighted by atomic mass is 16.4. The Bertz CT molecular complexity index is 405. The Labute approximate surface area is 86.3 Å². The number of hydrogen-bond donors (Lipinski definition) is 1. The molecular weight excluding hydrogens is 198 g/mol. The molecule has 0 saturated heterocycles. The zero-order valence-corrected chi connectivity index (χ0v) is 8.27. The van der Waals surface area contributed by atoms with E-state index >= 15 is 0 Å². The normalized spacial score (nSPS) is 9.93. The van der Waals surface area contributed by atoms with Crippen molar-refractivity contribution in [1.29, 1.82) is 0 Å². The molecule has 5 nitrogen and oxygen atoms in total. The predicted octanol–water partition coefficient (Wildman–Crippen LogP) is 1.20. The van der Waals surface area contributed by atoms with Gasteiger partial charge in [0.05, 0.1) is 12.1 Å². The first-order chi connectivity index (χ1) is 7.02. The second-order valence-corrected chi connectivity index (χ2v) is 3.11. The van der Waals surface area contributed by atoms with Gasteiger partial charge in [-0.15, -0.1) is 0 Å². The van der Waals surface area contributed by atoms with E-state index in [-0.39, 0.29) is 30.2 Å². The highest BCUT2D eigenvalue weighted by molar-refractivity contribution is 5.97. The molecule has 80 valence electrons. The molecule has 0 spiro atoms. The van der Waals surface area contributed by atoms with Gasteiger partial charge in [0.15, 0.2) is 5.78 Å². The quantitative estimate of drug-likeness (QED) is 0.756. The molecule has 0 unspecified atom stereocenters. The highest BCUT2D eigenvalue weighted by Crippen LogP contribution is 2.05. The van der Waals surface area contributed by atoms with E-state index in [1.54, 1.807) is 6.07 Å². The minimum Gasteiger partial charge on any atom is -0.481 e. The number of aromatic nitrogens is 1. The van der Waals surface area contributed by atoms with Gasteiger partial charge in [-0.05, 0) is 12.1 Å². The lowest BCUT2D eigenvalue weighted by Gasteiger charge is -2.03. The van der Waals surface area contributed by atoms with Crippen LogP contribution in [0.15, 0.2) is 18.3 Å². The van der Waals surface area contributed by atoms with Crippen molar-refractivity contribution < 1.29 is 19.5 Å². The number of carboxylic acids is 1. The number of hydrogen-bond acceptors (Lipinski definition) is 3. The fraction of sp³-hybridized carbons (Fsp3) is 0.300. The maximum absolute atomic E-state index is 11.5. The number of Topliss-reactive ketones (excluding diaryl/α,β-unsaturated/α-hetero) is 1. The third-order valence-electron chi connectivity index (χ3n) is 1.93. The smallest absolute Gasteiger partial charge is 0.303 e. The molecule has 0 radical (unpaired) electrons. The summed E-state index contributed by atoms with van der Waals surface area (Å²) in [5.41, 5.74) is 0.283. The second kappa shape index (κ2) is 4.54. The lowest BCUT2D eigenvalue weighted by atomic mass is 10.2. The molecule has 1 heterocycles. The molecule has 0 aliphatic heterocycles. The summed E-state index contributed by atoms with van der Waals surface area (Å²) in [6, 6.07) is 3.11. The van der Waals surface area contributed by atoms with Crippen LogP contribution in [0.25, 0.3) is 0 Å². The molecule has 1 aromatic rings. The molecule has 0 aliphatic carbocycles. The van der Waals surface area contributed by atoms with Crippen LogP contribution in [0.3, 0.4) is 0 Å². The molecule has 0 aromatic carbocycles. The van der Waals surface area contributed by atoms with Crippen LogP contribution in [-0.4, -0.2) is 27.3 Å². The maximum atomic E-state index is 11.5. The average Bonchev–Trinajstić information content (AvgIpc) is 2.62. The van der Waals surface area contributed by atoms with Crippen LogP contribution in [0, 0.1) is 0 Å². The van der Waals surface area contributed by atoms with Gasteiger partial charge in [-0.2, -0.15) is 0 Å². The fourth-order valence-corrected chi connectivity index (χ4v) is 1.22. The summed E-state index contributed by atoms with van der Waals surface area (Å²) in [7, 11) is 0. The van der Waals surface area contributed by atoms with E-state index in [9.17, 15) is 14.4 Å². The number of rotatable bonds is 4. The molecule has 0 amide bonds. The van der Waals surface area contributed by atoms with E-state index in [4.69, 9.17) is 5.11 Å². The lowest BCUT2D eigenvalue weighted by molar-refractivity contribution is -0.136. The van der Waals surface area contributed by atoms with Crippen molar-refractivity contribution in [3.63, 3.8) is 0 Å². The summed E-state index contributed by atoms with van der Waals surface area (Å²) in [4.78, 5) is 32.8. The number of carboxylic acid groups (broad SMARTS) is 1. The SMILES string of the molecule is CC(=O)c1cccn1C(=O)CCC(=O)O. The van der Waals surface area contributed by atoms with E-state index < -0.39 is 5.97 Å². The molecule has 0 atom stereocenters. The Kier molecular flexibility index (Phi) is 3.38. The minimum absolute atomic E-state index is 0.107. The molecular formula is C10H11NO4. The van der Waals surface area contributed by atoms with Crippen molar-refractivity contribution in [2.45, 2.75) is 19.8 Å². The summed E-state index contributed by atoms with van der Waals surface area (Å²) in [6.07, 6.45) is 1.12. The molecule has 1 aromatic heterocycles. The van der Waals surface area contributed by atoms with E-state index in [0.717, 1.165) is 0 Å². The zero-order valence-electron chi connectivity index (χ0n) is 8.27. The minimum atomic E-state index is -1.03. The highest BCUT2D eigenvalue weighted by Gasteiger charge is 2.13. The van der Waals surface area contributed by atoms with Gasteiger partial charge in [-0.1, -0.05) is 0 Å². The monoisotopic (exact) mass is 209 g/mol. The molecule has 0 fully saturated rings. The summed E-state index contributed by atoms with van der Waals surface area (Å²) < 4.78 is 1.19. The second-order valence-electron chi connectivity index (χ2n) is 3.11. The third kappa shape index (κ3) is 2.77. The van der Waals surface area contributed by atoms with Gasteiger partial charge in [0.1, 0.15) is 0 Å². The van der Waals surface area contributed by atoms with Gasteiger partial charge < -0.3 is 5.11 Å². The molecule has 5 heteroatoms. The van der Waals surface area contributed by atoms with Gasteiger partial charge >= 0.3 is 5.97 Å². The molecule has 0 bridgehead atoms. The Morgan fingerprint density at radius 3 is 2.53 bits per heavy atom. The van der Waals surface area contributed by atoms with E-state index in [1.807, 2.05) is 0 Å². The van der Waals surface area contributed by atoms with Crippen LogP contribution in [0.4, 0.5) is 0 Å². The van der Waals surface area contributed by atoms with Crippen molar-refractivity contribution in [3.05, 3.63) is 24.0 Å². The van der Waals surface area contributed by atoms with Crippen LogP contribution in [0.5, 0.6) is 0 Å². The molecule has 1 N–H and O–H groups in total. The summed E-state index contributed by atoms with van der Waals surface area (Å²) in [6.45, 7) is 1.36. The van der Waals surface area contributed by atoms with Gasteiger partial charge in [-0.25, -0.2) is 0 Å². The van der Waals surface area contributed by atoms with Crippen LogP contribution >= 0.6 is 0 Å². The van der Waals surface area contributed by atoms with Crippen LogP contribution in [0.1, 0.15) is 35.0 Å². The number of ketones is 1. The fourth-order valence-electron chi connectivity index (χ4n) is 1.22. The Morgan fingerprint density at radius 1 is 1.33 bits per heavy atom. The van der Waals surface area contributed by atoms with E-state index in [1.165, 1.54) is 23.8 Å². The Balaban J connectivity index is 2.78. The number of carbonyl (C=O) groups excluding carboxylic acids is 2. The first-order valence-electron chi connectivity index (χ1n) is 4.45. The number of nitrogens with zero attached hydrogens (tertiary/aromatic N) is 1.